The third-order valence-corrected chi connectivity index (χ3v) is 4.81. The summed E-state index contributed by atoms with van der Waals surface area (Å²) in [5.41, 5.74) is 0. The molecule has 1 aliphatic heterocycles. The Bertz CT molecular complexity index is 332. The molecule has 1 amide bonds. The van der Waals surface area contributed by atoms with E-state index in [1.807, 2.05) is 0 Å². The van der Waals surface area contributed by atoms with Gasteiger partial charge < -0.3 is 10.6 Å². The SMILES string of the molecule is CC(C)S(=O)(=O)CC(=O)NC1CCCNC1. The van der Waals surface area contributed by atoms with Crippen molar-refractivity contribution in [1.29, 1.82) is 0 Å². The van der Waals surface area contributed by atoms with Crippen LogP contribution in [0.25, 0.3) is 0 Å². The molecule has 0 aromatic rings. The van der Waals surface area contributed by atoms with E-state index in [-0.39, 0.29) is 11.9 Å². The molecule has 1 fully saturated rings. The summed E-state index contributed by atoms with van der Waals surface area (Å²) in [5, 5.41) is 5.41. The van der Waals surface area contributed by atoms with Gasteiger partial charge in [0.2, 0.25) is 5.91 Å². The molecule has 2 N–H and O–H groups in total. The summed E-state index contributed by atoms with van der Waals surface area (Å²) in [4.78, 5) is 11.5. The zero-order valence-corrected chi connectivity index (χ0v) is 10.6. The first-order valence-corrected chi connectivity index (χ1v) is 7.35. The van der Waals surface area contributed by atoms with E-state index < -0.39 is 20.8 Å². The van der Waals surface area contributed by atoms with Crippen molar-refractivity contribution in [3.63, 3.8) is 0 Å². The van der Waals surface area contributed by atoms with Gasteiger partial charge in [0.15, 0.2) is 9.84 Å². The quantitative estimate of drug-likeness (QED) is 0.715. The maximum atomic E-state index is 11.5. The second-order valence-electron chi connectivity index (χ2n) is 4.47. The summed E-state index contributed by atoms with van der Waals surface area (Å²) in [6.07, 6.45) is 1.93. The number of carbonyl (C=O) groups excluding carboxylic acids is 1. The molecule has 94 valence electrons. The predicted octanol–water partition coefficient (Wildman–Crippen LogP) is -0.322. The van der Waals surface area contributed by atoms with Gasteiger partial charge in [-0.3, -0.25) is 4.79 Å². The Kier molecular flexibility index (Phi) is 4.73. The van der Waals surface area contributed by atoms with E-state index in [1.165, 1.54) is 0 Å². The number of amides is 1. The molecule has 16 heavy (non-hydrogen) atoms. The van der Waals surface area contributed by atoms with Crippen LogP contribution in [-0.2, 0) is 14.6 Å². The molecule has 0 saturated carbocycles. The van der Waals surface area contributed by atoms with Gasteiger partial charge in [0.1, 0.15) is 5.75 Å². The van der Waals surface area contributed by atoms with Gasteiger partial charge in [-0.2, -0.15) is 0 Å². The maximum Gasteiger partial charge on any atom is 0.235 e. The van der Waals surface area contributed by atoms with Gasteiger partial charge in [-0.05, 0) is 33.2 Å². The first-order chi connectivity index (χ1) is 7.42. The normalized spacial score (nSPS) is 22.1. The van der Waals surface area contributed by atoms with Crippen LogP contribution in [0, 0.1) is 0 Å². The van der Waals surface area contributed by atoms with Gasteiger partial charge in [-0.25, -0.2) is 8.42 Å². The third kappa shape index (κ3) is 4.09. The van der Waals surface area contributed by atoms with Crippen LogP contribution in [0.4, 0.5) is 0 Å². The Morgan fingerprint density at radius 2 is 2.19 bits per heavy atom. The van der Waals surface area contributed by atoms with Crippen LogP contribution in [0.15, 0.2) is 0 Å². The smallest absolute Gasteiger partial charge is 0.235 e. The number of sulfone groups is 1. The first kappa shape index (κ1) is 13.4. The number of carbonyl (C=O) groups is 1. The number of nitrogens with one attached hydrogen (secondary N) is 2. The monoisotopic (exact) mass is 248 g/mol. The van der Waals surface area contributed by atoms with E-state index in [1.54, 1.807) is 13.8 Å². The van der Waals surface area contributed by atoms with E-state index >= 15 is 0 Å². The van der Waals surface area contributed by atoms with E-state index in [0.29, 0.717) is 0 Å². The topological polar surface area (TPSA) is 75.3 Å². The highest BCUT2D eigenvalue weighted by molar-refractivity contribution is 7.92. The van der Waals surface area contributed by atoms with Crippen molar-refractivity contribution >= 4 is 15.7 Å². The first-order valence-electron chi connectivity index (χ1n) is 5.63. The van der Waals surface area contributed by atoms with Crippen LogP contribution < -0.4 is 10.6 Å². The molecule has 0 spiro atoms. The van der Waals surface area contributed by atoms with Crippen molar-refractivity contribution in [2.24, 2.45) is 0 Å². The minimum atomic E-state index is -3.28. The van der Waals surface area contributed by atoms with Crippen molar-refractivity contribution in [3.05, 3.63) is 0 Å². The molecular weight excluding hydrogens is 228 g/mol. The molecule has 0 aromatic carbocycles. The molecule has 1 rings (SSSR count). The van der Waals surface area contributed by atoms with Gasteiger partial charge in [-0.15, -0.1) is 0 Å². The molecular formula is C10H20N2O3S. The number of piperidine rings is 1. The minimum absolute atomic E-state index is 0.0728. The van der Waals surface area contributed by atoms with E-state index in [0.717, 1.165) is 25.9 Å². The Balaban J connectivity index is 2.41. The molecule has 0 aliphatic carbocycles. The van der Waals surface area contributed by atoms with Crippen molar-refractivity contribution < 1.29 is 13.2 Å². The van der Waals surface area contributed by atoms with Crippen molar-refractivity contribution in [3.8, 4) is 0 Å². The van der Waals surface area contributed by atoms with Gasteiger partial charge in [0, 0.05) is 12.6 Å². The fraction of sp³-hybridized carbons (Fsp3) is 0.900. The van der Waals surface area contributed by atoms with Crippen LogP contribution in [0.5, 0.6) is 0 Å². The highest BCUT2D eigenvalue weighted by Crippen LogP contribution is 2.03. The molecule has 0 aromatic heterocycles. The standard InChI is InChI=1S/C10H20N2O3S/c1-8(2)16(14,15)7-10(13)12-9-4-3-5-11-6-9/h8-9,11H,3-7H2,1-2H3,(H,12,13). The Labute approximate surface area is 96.9 Å². The van der Waals surface area contributed by atoms with Crippen LogP contribution >= 0.6 is 0 Å². The van der Waals surface area contributed by atoms with Gasteiger partial charge in [0.25, 0.3) is 0 Å². The molecule has 5 nitrogen and oxygen atoms in total. The second-order valence-corrected chi connectivity index (χ2v) is 7.02. The van der Waals surface area contributed by atoms with Gasteiger partial charge in [-0.1, -0.05) is 0 Å². The van der Waals surface area contributed by atoms with Gasteiger partial charge >= 0.3 is 0 Å². The average molecular weight is 248 g/mol. The molecule has 0 radical (unpaired) electrons. The molecule has 1 saturated heterocycles. The highest BCUT2D eigenvalue weighted by Gasteiger charge is 2.22. The zero-order chi connectivity index (χ0) is 12.2. The summed E-state index contributed by atoms with van der Waals surface area (Å²) in [5.74, 6) is -0.788. The lowest BCUT2D eigenvalue weighted by atomic mass is 10.1. The van der Waals surface area contributed by atoms with Crippen LogP contribution in [0.2, 0.25) is 0 Å². The van der Waals surface area contributed by atoms with E-state index in [2.05, 4.69) is 10.6 Å². The van der Waals surface area contributed by atoms with Crippen LogP contribution in [0.3, 0.4) is 0 Å². The number of hydrogen-bond donors (Lipinski definition) is 2. The van der Waals surface area contributed by atoms with Gasteiger partial charge in [0.05, 0.1) is 5.25 Å². The maximum absolute atomic E-state index is 11.5. The summed E-state index contributed by atoms with van der Waals surface area (Å²) in [6, 6.07) is 0.0728. The lowest BCUT2D eigenvalue weighted by Gasteiger charge is -2.23. The third-order valence-electron chi connectivity index (χ3n) is 2.71. The minimum Gasteiger partial charge on any atom is -0.351 e. The Morgan fingerprint density at radius 1 is 1.50 bits per heavy atom. The van der Waals surface area contributed by atoms with Crippen LogP contribution in [0.1, 0.15) is 26.7 Å². The van der Waals surface area contributed by atoms with Crippen LogP contribution in [-0.4, -0.2) is 44.5 Å². The molecule has 1 heterocycles. The highest BCUT2D eigenvalue weighted by atomic mass is 32.2. The Hall–Kier alpha value is -0.620. The molecule has 6 heteroatoms. The molecule has 0 bridgehead atoms. The summed E-state index contributed by atoms with van der Waals surface area (Å²) < 4.78 is 23.0. The average Bonchev–Trinajstić information content (AvgIpc) is 2.17. The fourth-order valence-corrected chi connectivity index (χ4v) is 2.38. The predicted molar refractivity (Wildman–Crippen MR) is 63.0 cm³/mol. The summed E-state index contributed by atoms with van der Waals surface area (Å²) >= 11 is 0. The Morgan fingerprint density at radius 3 is 2.69 bits per heavy atom. The molecule has 1 unspecified atom stereocenters. The van der Waals surface area contributed by atoms with Crippen molar-refractivity contribution in [2.75, 3.05) is 18.8 Å². The molecule has 1 atom stereocenters. The second kappa shape index (κ2) is 5.63. The lowest BCUT2D eigenvalue weighted by Crippen LogP contribution is -2.47. The van der Waals surface area contributed by atoms with E-state index in [9.17, 15) is 13.2 Å². The van der Waals surface area contributed by atoms with Crippen molar-refractivity contribution in [1.82, 2.24) is 10.6 Å². The largest absolute Gasteiger partial charge is 0.351 e. The number of rotatable bonds is 4. The van der Waals surface area contributed by atoms with Crippen molar-refractivity contribution in [2.45, 2.75) is 38.0 Å². The zero-order valence-electron chi connectivity index (χ0n) is 9.82. The van der Waals surface area contributed by atoms with E-state index in [4.69, 9.17) is 0 Å². The summed E-state index contributed by atoms with van der Waals surface area (Å²) in [6.45, 7) is 4.87. The number of hydrogen-bond acceptors (Lipinski definition) is 4. The molecule has 1 aliphatic rings. The summed E-state index contributed by atoms with van der Waals surface area (Å²) in [7, 11) is -3.28. The fourth-order valence-electron chi connectivity index (χ4n) is 1.59. The lowest BCUT2D eigenvalue weighted by molar-refractivity contribution is -0.119.